The second-order valence-corrected chi connectivity index (χ2v) is 9.77. The highest BCUT2D eigenvalue weighted by molar-refractivity contribution is 5.69. The Labute approximate surface area is 199 Å². The number of rotatable bonds is 17. The van der Waals surface area contributed by atoms with Gasteiger partial charge in [0.2, 0.25) is 0 Å². The molecule has 1 rings (SSSR count). The summed E-state index contributed by atoms with van der Waals surface area (Å²) in [6.07, 6.45) is 23.2. The van der Waals surface area contributed by atoms with Crippen LogP contribution < -0.4 is 24.0 Å². The average Bonchev–Trinajstić information content (AvgIpc) is 2.66. The van der Waals surface area contributed by atoms with Crippen molar-refractivity contribution in [2.45, 2.75) is 129 Å². The zero-order valence-corrected chi connectivity index (χ0v) is 22.0. The van der Waals surface area contributed by atoms with Crippen molar-refractivity contribution in [2.24, 2.45) is 0 Å². The molecule has 29 heavy (non-hydrogen) atoms. The number of carbonyl (C=O) groups is 1. The van der Waals surface area contributed by atoms with Crippen LogP contribution in [0.3, 0.4) is 0 Å². The number of carbonyl (C=O) groups excluding carboxylic acids is 1. The molecular weight excluding hydrogens is 473 g/mol. The Balaban J connectivity index is 0.00000784. The van der Waals surface area contributed by atoms with Crippen LogP contribution in [-0.2, 0) is 9.53 Å². The van der Waals surface area contributed by atoms with Gasteiger partial charge in [0.25, 0.3) is 0 Å². The van der Waals surface area contributed by atoms with Crippen molar-refractivity contribution in [3.05, 3.63) is 0 Å². The van der Waals surface area contributed by atoms with E-state index in [2.05, 4.69) is 21.0 Å². The van der Waals surface area contributed by atoms with E-state index in [1.807, 2.05) is 0 Å². The minimum Gasteiger partial charge on any atom is -1.00 e. The lowest BCUT2D eigenvalue weighted by Crippen LogP contribution is -3.00. The van der Waals surface area contributed by atoms with E-state index in [1.54, 1.807) is 0 Å². The van der Waals surface area contributed by atoms with E-state index in [0.29, 0.717) is 6.42 Å². The molecule has 1 heterocycles. The fourth-order valence-corrected chi connectivity index (χ4v) is 4.25. The number of hydrogen-bond donors (Lipinski definition) is 0. The van der Waals surface area contributed by atoms with E-state index in [0.717, 1.165) is 36.8 Å². The molecule has 1 aliphatic heterocycles. The molecule has 0 aliphatic carbocycles. The molecule has 1 aliphatic rings. The minimum atomic E-state index is 0. The number of hydrogen-bond acceptors (Lipinski definition) is 2. The van der Waals surface area contributed by atoms with Gasteiger partial charge in [0, 0.05) is 19.3 Å². The molecule has 0 saturated carbocycles. The summed E-state index contributed by atoms with van der Waals surface area (Å²) < 4.78 is 6.72. The van der Waals surface area contributed by atoms with Crippen LogP contribution in [0.2, 0.25) is 0 Å². The van der Waals surface area contributed by atoms with E-state index < -0.39 is 0 Å². The van der Waals surface area contributed by atoms with Crippen LogP contribution in [0.25, 0.3) is 0 Å². The van der Waals surface area contributed by atoms with Crippen molar-refractivity contribution >= 4 is 5.97 Å². The molecule has 0 atom stereocenters. The molecule has 0 aromatic heterocycles. The predicted molar refractivity (Wildman–Crippen MR) is 121 cm³/mol. The number of halogens is 1. The zero-order valence-electron chi connectivity index (χ0n) is 19.9. The van der Waals surface area contributed by atoms with E-state index in [9.17, 15) is 4.79 Å². The van der Waals surface area contributed by atoms with Crippen molar-refractivity contribution in [3.63, 3.8) is 0 Å². The molecule has 0 unspecified atom stereocenters. The first-order valence-corrected chi connectivity index (χ1v) is 12.5. The zero-order chi connectivity index (χ0) is 20.5. The molecule has 0 spiro atoms. The summed E-state index contributed by atoms with van der Waals surface area (Å²) in [4.78, 5) is 12.0. The third-order valence-electron chi connectivity index (χ3n) is 6.40. The summed E-state index contributed by atoms with van der Waals surface area (Å²) in [6, 6.07) is 0. The number of unbranched alkanes of at least 4 members (excludes halogenated alkanes) is 14. The van der Waals surface area contributed by atoms with E-state index in [4.69, 9.17) is 4.74 Å². The molecule has 0 aromatic rings. The summed E-state index contributed by atoms with van der Waals surface area (Å²) >= 11 is 0. The van der Waals surface area contributed by atoms with Gasteiger partial charge in [0.15, 0.2) is 0 Å². The molecule has 0 radical (unpaired) electrons. The van der Waals surface area contributed by atoms with Crippen LogP contribution in [-0.4, -0.2) is 43.7 Å². The van der Waals surface area contributed by atoms with Gasteiger partial charge in [-0.05, 0) is 6.42 Å². The second-order valence-electron chi connectivity index (χ2n) is 9.77. The van der Waals surface area contributed by atoms with Crippen LogP contribution in [0, 0.1) is 0 Å². The first-order valence-electron chi connectivity index (χ1n) is 12.5. The monoisotopic (exact) mass is 523 g/mol. The first-order chi connectivity index (χ1) is 13.5. The van der Waals surface area contributed by atoms with Crippen LogP contribution in [0.4, 0.5) is 0 Å². The maximum absolute atomic E-state index is 12.0. The van der Waals surface area contributed by atoms with Gasteiger partial charge in [0.1, 0.15) is 6.10 Å². The molecule has 1 fully saturated rings. The highest BCUT2D eigenvalue weighted by Crippen LogP contribution is 2.18. The van der Waals surface area contributed by atoms with E-state index in [1.165, 1.54) is 89.9 Å². The van der Waals surface area contributed by atoms with Crippen LogP contribution >= 0.6 is 0 Å². The number of esters is 1. The summed E-state index contributed by atoms with van der Waals surface area (Å²) in [5, 5.41) is 0. The summed E-state index contributed by atoms with van der Waals surface area (Å²) in [7, 11) is 4.52. The Bertz CT molecular complexity index is 377. The molecule has 3 nitrogen and oxygen atoms in total. The number of piperidine rings is 1. The fourth-order valence-electron chi connectivity index (χ4n) is 4.25. The third kappa shape index (κ3) is 17.5. The predicted octanol–water partition coefficient (Wildman–Crippen LogP) is 4.03. The van der Waals surface area contributed by atoms with Crippen molar-refractivity contribution < 1.29 is 38.0 Å². The molecule has 4 heteroatoms. The standard InChI is InChI=1S/C25H50NO2.HI/c1-4-5-6-7-8-9-10-11-12-13-14-15-16-17-18-19-25(27)28-24-20-22-26(2,3)23-21-24;/h24H,4-23H2,1-3H3;1H/q+1;/p-1. The van der Waals surface area contributed by atoms with Crippen LogP contribution in [0.15, 0.2) is 0 Å². The Kier molecular flexibility index (Phi) is 19.0. The molecule has 174 valence electrons. The van der Waals surface area contributed by atoms with Crippen molar-refractivity contribution in [1.29, 1.82) is 0 Å². The summed E-state index contributed by atoms with van der Waals surface area (Å²) in [5.41, 5.74) is 0. The number of nitrogens with zero attached hydrogens (tertiary/aromatic N) is 1. The lowest BCUT2D eigenvalue weighted by Gasteiger charge is -2.36. The Morgan fingerprint density at radius 2 is 1.10 bits per heavy atom. The van der Waals surface area contributed by atoms with Gasteiger partial charge in [0.05, 0.1) is 27.2 Å². The fraction of sp³-hybridized carbons (Fsp3) is 0.960. The maximum Gasteiger partial charge on any atom is 0.306 e. The quantitative estimate of drug-likeness (QED) is 0.125. The maximum atomic E-state index is 12.0. The smallest absolute Gasteiger partial charge is 0.306 e. The Hall–Kier alpha value is 0.160. The van der Waals surface area contributed by atoms with Gasteiger partial charge >= 0.3 is 5.97 Å². The highest BCUT2D eigenvalue weighted by atomic mass is 127. The van der Waals surface area contributed by atoms with Crippen molar-refractivity contribution in [3.8, 4) is 0 Å². The highest BCUT2D eigenvalue weighted by Gasteiger charge is 2.28. The lowest BCUT2D eigenvalue weighted by atomic mass is 10.0. The van der Waals surface area contributed by atoms with Gasteiger partial charge < -0.3 is 33.2 Å². The van der Waals surface area contributed by atoms with E-state index >= 15 is 0 Å². The molecule has 1 saturated heterocycles. The topological polar surface area (TPSA) is 26.3 Å². The molecule has 0 N–H and O–H groups in total. The molecule has 0 aromatic carbocycles. The minimum absolute atomic E-state index is 0. The summed E-state index contributed by atoms with van der Waals surface area (Å²) in [6.45, 7) is 4.53. The van der Waals surface area contributed by atoms with Gasteiger partial charge in [-0.25, -0.2) is 0 Å². The molecule has 0 amide bonds. The van der Waals surface area contributed by atoms with Crippen LogP contribution in [0.5, 0.6) is 0 Å². The SMILES string of the molecule is CCCCCCCCCCCCCCCCCC(=O)OC1CC[N+](C)(C)CC1.[I-]. The van der Waals surface area contributed by atoms with Gasteiger partial charge in [-0.1, -0.05) is 96.8 Å². The number of likely N-dealkylation sites (tertiary alicyclic amines) is 1. The van der Waals surface area contributed by atoms with Gasteiger partial charge in [-0.15, -0.1) is 0 Å². The first kappa shape index (κ1) is 29.2. The second kappa shape index (κ2) is 18.9. The van der Waals surface area contributed by atoms with Crippen molar-refractivity contribution in [1.82, 2.24) is 0 Å². The molecule has 0 bridgehead atoms. The van der Waals surface area contributed by atoms with Gasteiger partial charge in [-0.3, -0.25) is 4.79 Å². The number of ether oxygens (including phenoxy) is 1. The largest absolute Gasteiger partial charge is 1.00 e. The van der Waals surface area contributed by atoms with Crippen LogP contribution in [0.1, 0.15) is 122 Å². The third-order valence-corrected chi connectivity index (χ3v) is 6.40. The van der Waals surface area contributed by atoms with Gasteiger partial charge in [-0.2, -0.15) is 0 Å². The average molecular weight is 524 g/mol. The number of quaternary nitrogens is 1. The lowest BCUT2D eigenvalue weighted by molar-refractivity contribution is -0.896. The molecular formula is C25H50INO2. The van der Waals surface area contributed by atoms with Crippen molar-refractivity contribution in [2.75, 3.05) is 27.2 Å². The Morgan fingerprint density at radius 3 is 1.52 bits per heavy atom. The van der Waals surface area contributed by atoms with E-state index in [-0.39, 0.29) is 36.0 Å². The Morgan fingerprint density at radius 1 is 0.724 bits per heavy atom. The summed E-state index contributed by atoms with van der Waals surface area (Å²) in [5.74, 6) is 0.0342. The normalized spacial score (nSPS) is 16.4.